The van der Waals surface area contributed by atoms with Crippen molar-refractivity contribution in [1.29, 1.82) is 0 Å². The second kappa shape index (κ2) is 4.63. The molecule has 2 rings (SSSR count). The highest BCUT2D eigenvalue weighted by Crippen LogP contribution is 2.54. The molecular formula is C13H13ClF2O3. The number of alkyl halides is 2. The van der Waals surface area contributed by atoms with Crippen LogP contribution in [0.1, 0.15) is 18.4 Å². The van der Waals surface area contributed by atoms with E-state index in [1.165, 1.54) is 20.3 Å². The fourth-order valence-corrected chi connectivity index (χ4v) is 2.71. The molecule has 1 fully saturated rings. The van der Waals surface area contributed by atoms with Crippen molar-refractivity contribution in [2.24, 2.45) is 0 Å². The number of hydrogen-bond acceptors (Lipinski definition) is 3. The van der Waals surface area contributed by atoms with Crippen LogP contribution in [0.5, 0.6) is 5.75 Å². The molecule has 1 saturated carbocycles. The van der Waals surface area contributed by atoms with E-state index in [1.807, 2.05) is 0 Å². The van der Waals surface area contributed by atoms with Gasteiger partial charge in [0.2, 0.25) is 0 Å². The molecule has 0 N–H and O–H groups in total. The molecule has 0 bridgehead atoms. The van der Waals surface area contributed by atoms with Crippen molar-refractivity contribution in [2.45, 2.75) is 24.2 Å². The van der Waals surface area contributed by atoms with Gasteiger partial charge in [-0.3, -0.25) is 4.79 Å². The van der Waals surface area contributed by atoms with Crippen LogP contribution in [0.3, 0.4) is 0 Å². The van der Waals surface area contributed by atoms with Gasteiger partial charge in [0, 0.05) is 12.8 Å². The number of carbonyl (C=O) groups is 1. The number of esters is 1. The second-order valence-corrected chi connectivity index (χ2v) is 5.04. The zero-order chi connectivity index (χ0) is 14.3. The third kappa shape index (κ3) is 2.27. The Hall–Kier alpha value is -1.36. The number of rotatable bonds is 3. The van der Waals surface area contributed by atoms with E-state index in [-0.39, 0.29) is 5.02 Å². The fraction of sp³-hybridized carbons (Fsp3) is 0.462. The molecule has 1 aromatic rings. The van der Waals surface area contributed by atoms with Gasteiger partial charge in [-0.25, -0.2) is 8.78 Å². The van der Waals surface area contributed by atoms with Crippen LogP contribution in [0.15, 0.2) is 18.2 Å². The monoisotopic (exact) mass is 290 g/mol. The third-order valence-corrected chi connectivity index (χ3v) is 3.70. The van der Waals surface area contributed by atoms with Gasteiger partial charge < -0.3 is 9.47 Å². The largest absolute Gasteiger partial charge is 0.495 e. The Morgan fingerprint density at radius 1 is 1.32 bits per heavy atom. The van der Waals surface area contributed by atoms with Crippen LogP contribution >= 0.6 is 11.6 Å². The number of halogens is 3. The Morgan fingerprint density at radius 2 is 1.95 bits per heavy atom. The maximum atomic E-state index is 13.2. The molecule has 0 aromatic heterocycles. The Kier molecular flexibility index (Phi) is 3.43. The van der Waals surface area contributed by atoms with E-state index in [4.69, 9.17) is 16.3 Å². The van der Waals surface area contributed by atoms with Crippen LogP contribution in [0.2, 0.25) is 5.02 Å². The maximum absolute atomic E-state index is 13.2. The molecule has 1 aliphatic carbocycles. The van der Waals surface area contributed by atoms with Crippen molar-refractivity contribution in [3.05, 3.63) is 28.8 Å². The predicted molar refractivity (Wildman–Crippen MR) is 65.9 cm³/mol. The van der Waals surface area contributed by atoms with Gasteiger partial charge in [-0.15, -0.1) is 0 Å². The van der Waals surface area contributed by atoms with E-state index in [1.54, 1.807) is 12.1 Å². The van der Waals surface area contributed by atoms with Crippen molar-refractivity contribution in [3.63, 3.8) is 0 Å². The molecule has 0 radical (unpaired) electrons. The smallest absolute Gasteiger partial charge is 0.316 e. The van der Waals surface area contributed by atoms with Gasteiger partial charge in [0.15, 0.2) is 0 Å². The highest BCUT2D eigenvalue weighted by atomic mass is 35.5. The molecule has 3 nitrogen and oxygen atoms in total. The average molecular weight is 291 g/mol. The van der Waals surface area contributed by atoms with Crippen LogP contribution in [-0.4, -0.2) is 26.1 Å². The summed E-state index contributed by atoms with van der Waals surface area (Å²) in [6, 6.07) is 4.60. The summed E-state index contributed by atoms with van der Waals surface area (Å²) in [7, 11) is 2.64. The summed E-state index contributed by atoms with van der Waals surface area (Å²) < 4.78 is 36.0. The fourth-order valence-electron chi connectivity index (χ4n) is 2.46. The molecular weight excluding hydrogens is 278 g/mol. The van der Waals surface area contributed by atoms with Gasteiger partial charge in [0.1, 0.15) is 11.2 Å². The Labute approximate surface area is 114 Å². The van der Waals surface area contributed by atoms with E-state index in [0.29, 0.717) is 11.3 Å². The standard InChI is InChI=1S/C13H13ClF2O3/c1-18-10-4-3-8(5-9(10)14)12(11(17)19-2)6-13(15,16)7-12/h3-5H,6-7H2,1-2H3. The molecule has 0 heterocycles. The lowest BCUT2D eigenvalue weighted by atomic mass is 9.62. The summed E-state index contributed by atoms with van der Waals surface area (Å²) >= 11 is 5.97. The number of hydrogen-bond donors (Lipinski definition) is 0. The topological polar surface area (TPSA) is 35.5 Å². The number of ether oxygens (including phenoxy) is 2. The van der Waals surface area contributed by atoms with Crippen molar-refractivity contribution < 1.29 is 23.0 Å². The van der Waals surface area contributed by atoms with E-state index < -0.39 is 30.1 Å². The summed E-state index contributed by atoms with van der Waals surface area (Å²) in [6.45, 7) is 0. The number of benzene rings is 1. The van der Waals surface area contributed by atoms with Crippen LogP contribution < -0.4 is 4.74 Å². The first kappa shape index (κ1) is 14.1. The summed E-state index contributed by atoms with van der Waals surface area (Å²) in [5.74, 6) is -3.09. The SMILES string of the molecule is COC(=O)C1(c2ccc(OC)c(Cl)c2)CC(F)(F)C1. The van der Waals surface area contributed by atoms with Crippen LogP contribution in [0.4, 0.5) is 8.78 Å². The molecule has 1 aliphatic rings. The Balaban J connectivity index is 2.41. The molecule has 0 aliphatic heterocycles. The van der Waals surface area contributed by atoms with Crippen molar-refractivity contribution in [2.75, 3.05) is 14.2 Å². The van der Waals surface area contributed by atoms with Crippen LogP contribution in [0, 0.1) is 0 Å². The molecule has 0 spiro atoms. The summed E-state index contributed by atoms with van der Waals surface area (Å²) in [5.41, 5.74) is -0.884. The van der Waals surface area contributed by atoms with Gasteiger partial charge in [0.25, 0.3) is 5.92 Å². The molecule has 104 valence electrons. The Morgan fingerprint density at radius 3 is 2.37 bits per heavy atom. The normalized spacial score (nSPS) is 19.4. The van der Waals surface area contributed by atoms with Gasteiger partial charge in [-0.1, -0.05) is 17.7 Å². The third-order valence-electron chi connectivity index (χ3n) is 3.40. The maximum Gasteiger partial charge on any atom is 0.316 e. The van der Waals surface area contributed by atoms with E-state index in [0.717, 1.165) is 0 Å². The van der Waals surface area contributed by atoms with Gasteiger partial charge in [-0.2, -0.15) is 0 Å². The molecule has 0 amide bonds. The van der Waals surface area contributed by atoms with E-state index in [9.17, 15) is 13.6 Å². The van der Waals surface area contributed by atoms with E-state index >= 15 is 0 Å². The van der Waals surface area contributed by atoms with Gasteiger partial charge in [0.05, 0.1) is 19.2 Å². The van der Waals surface area contributed by atoms with Crippen molar-refractivity contribution >= 4 is 17.6 Å². The quantitative estimate of drug-likeness (QED) is 0.802. The highest BCUT2D eigenvalue weighted by molar-refractivity contribution is 6.32. The van der Waals surface area contributed by atoms with Gasteiger partial charge >= 0.3 is 5.97 Å². The van der Waals surface area contributed by atoms with Crippen LogP contribution in [-0.2, 0) is 14.9 Å². The minimum absolute atomic E-state index is 0.276. The van der Waals surface area contributed by atoms with E-state index in [2.05, 4.69) is 4.74 Å². The molecule has 0 saturated heterocycles. The highest BCUT2D eigenvalue weighted by Gasteiger charge is 2.62. The molecule has 6 heteroatoms. The second-order valence-electron chi connectivity index (χ2n) is 4.63. The lowest BCUT2D eigenvalue weighted by Gasteiger charge is -2.45. The average Bonchev–Trinajstić information content (AvgIpc) is 2.34. The first-order chi connectivity index (χ1) is 8.84. The van der Waals surface area contributed by atoms with Crippen molar-refractivity contribution in [3.8, 4) is 5.75 Å². The molecule has 19 heavy (non-hydrogen) atoms. The summed E-state index contributed by atoms with van der Waals surface area (Å²) in [4.78, 5) is 11.8. The lowest BCUT2D eigenvalue weighted by molar-refractivity contribution is -0.177. The Bertz CT molecular complexity index is 509. The minimum atomic E-state index is -2.85. The lowest BCUT2D eigenvalue weighted by Crippen LogP contribution is -2.54. The molecule has 0 atom stereocenters. The number of carbonyl (C=O) groups excluding carboxylic acids is 1. The van der Waals surface area contributed by atoms with Crippen molar-refractivity contribution in [1.82, 2.24) is 0 Å². The molecule has 1 aromatic carbocycles. The summed E-state index contributed by atoms with van der Waals surface area (Å²) in [5, 5.41) is 0.276. The number of methoxy groups -OCH3 is 2. The molecule has 0 unspecified atom stereocenters. The minimum Gasteiger partial charge on any atom is -0.495 e. The zero-order valence-corrected chi connectivity index (χ0v) is 11.3. The van der Waals surface area contributed by atoms with Gasteiger partial charge in [-0.05, 0) is 17.7 Å². The first-order valence-electron chi connectivity index (χ1n) is 5.65. The summed E-state index contributed by atoms with van der Waals surface area (Å²) in [6.07, 6.45) is -1.12. The van der Waals surface area contributed by atoms with Crippen LogP contribution in [0.25, 0.3) is 0 Å². The zero-order valence-electron chi connectivity index (χ0n) is 10.5. The predicted octanol–water partition coefficient (Wildman–Crippen LogP) is 3.19. The first-order valence-corrected chi connectivity index (χ1v) is 6.03.